The molecule has 1 rings (SSSR count). The number of carboxylic acid groups (broad SMARTS) is 1. The van der Waals surface area contributed by atoms with Crippen LogP contribution in [0.2, 0.25) is 5.02 Å². The summed E-state index contributed by atoms with van der Waals surface area (Å²) < 4.78 is 4.84. The van der Waals surface area contributed by atoms with Gasteiger partial charge in [-0.25, -0.2) is 4.79 Å². The summed E-state index contributed by atoms with van der Waals surface area (Å²) in [7, 11) is 1.39. The van der Waals surface area contributed by atoms with Crippen LogP contribution in [0.4, 0.5) is 0 Å². The molecule has 5 nitrogen and oxygen atoms in total. The number of halogens is 1. The first-order chi connectivity index (χ1) is 9.89. The number of carbonyl (C=O) groups excluding carboxylic acids is 1. The molecule has 0 spiro atoms. The summed E-state index contributed by atoms with van der Waals surface area (Å²) in [6, 6.07) is 7.36. The van der Waals surface area contributed by atoms with Crippen molar-refractivity contribution in [2.45, 2.75) is 23.8 Å². The lowest BCUT2D eigenvalue weighted by molar-refractivity contribution is -0.149. The molecular formula is C14H18ClNO4S. The van der Waals surface area contributed by atoms with Crippen molar-refractivity contribution in [1.82, 2.24) is 5.32 Å². The molecule has 1 aromatic carbocycles. The fourth-order valence-corrected chi connectivity index (χ4v) is 2.81. The molecule has 0 aliphatic carbocycles. The SMILES string of the molecule is COCC(C)(NC(=O)CCSc1ccccc1Cl)C(=O)O. The summed E-state index contributed by atoms with van der Waals surface area (Å²) in [6.07, 6.45) is 0.197. The van der Waals surface area contributed by atoms with Crippen molar-refractivity contribution < 1.29 is 19.4 Å². The number of hydrogen-bond donors (Lipinski definition) is 2. The molecule has 116 valence electrons. The van der Waals surface area contributed by atoms with E-state index in [1.165, 1.54) is 25.8 Å². The van der Waals surface area contributed by atoms with Gasteiger partial charge in [0.1, 0.15) is 0 Å². The topological polar surface area (TPSA) is 75.6 Å². The predicted molar refractivity (Wildman–Crippen MR) is 82.9 cm³/mol. The summed E-state index contributed by atoms with van der Waals surface area (Å²) in [5, 5.41) is 12.3. The van der Waals surface area contributed by atoms with Gasteiger partial charge >= 0.3 is 5.97 Å². The van der Waals surface area contributed by atoms with Crippen LogP contribution in [0.15, 0.2) is 29.2 Å². The van der Waals surface area contributed by atoms with Gasteiger partial charge < -0.3 is 15.2 Å². The lowest BCUT2D eigenvalue weighted by Crippen LogP contribution is -2.55. The van der Waals surface area contributed by atoms with Gasteiger partial charge in [-0.3, -0.25) is 4.79 Å². The van der Waals surface area contributed by atoms with Gasteiger partial charge in [0.2, 0.25) is 5.91 Å². The first-order valence-electron chi connectivity index (χ1n) is 6.30. The molecule has 0 radical (unpaired) electrons. The van der Waals surface area contributed by atoms with Crippen molar-refractivity contribution in [3.63, 3.8) is 0 Å². The molecule has 1 aromatic rings. The summed E-state index contributed by atoms with van der Waals surface area (Å²) in [5.41, 5.74) is -1.42. The number of ether oxygens (including phenoxy) is 1. The maximum atomic E-state index is 11.8. The van der Waals surface area contributed by atoms with Gasteiger partial charge in [-0.05, 0) is 19.1 Å². The number of carbonyl (C=O) groups is 2. The van der Waals surface area contributed by atoms with Gasteiger partial charge in [-0.1, -0.05) is 23.7 Å². The van der Waals surface area contributed by atoms with Crippen molar-refractivity contribution in [1.29, 1.82) is 0 Å². The van der Waals surface area contributed by atoms with Crippen LogP contribution in [0.25, 0.3) is 0 Å². The molecule has 1 atom stereocenters. The minimum Gasteiger partial charge on any atom is -0.479 e. The van der Waals surface area contributed by atoms with Crippen molar-refractivity contribution in [2.24, 2.45) is 0 Å². The molecule has 1 amide bonds. The quantitative estimate of drug-likeness (QED) is 0.715. The van der Waals surface area contributed by atoms with Crippen LogP contribution >= 0.6 is 23.4 Å². The third-order valence-electron chi connectivity index (χ3n) is 2.74. The second kappa shape index (κ2) is 8.26. The van der Waals surface area contributed by atoms with E-state index in [1.54, 1.807) is 6.07 Å². The zero-order valence-electron chi connectivity index (χ0n) is 11.9. The Labute approximate surface area is 133 Å². The lowest BCUT2D eigenvalue weighted by atomic mass is 10.0. The van der Waals surface area contributed by atoms with Crippen molar-refractivity contribution in [3.8, 4) is 0 Å². The van der Waals surface area contributed by atoms with Crippen LogP contribution in [0.5, 0.6) is 0 Å². The Morgan fingerprint density at radius 1 is 1.43 bits per heavy atom. The fraction of sp³-hybridized carbons (Fsp3) is 0.429. The normalized spacial score (nSPS) is 13.5. The zero-order chi connectivity index (χ0) is 15.9. The molecule has 21 heavy (non-hydrogen) atoms. The smallest absolute Gasteiger partial charge is 0.331 e. The highest BCUT2D eigenvalue weighted by atomic mass is 35.5. The summed E-state index contributed by atoms with van der Waals surface area (Å²) in [4.78, 5) is 23.9. The van der Waals surface area contributed by atoms with Crippen molar-refractivity contribution in [2.75, 3.05) is 19.5 Å². The van der Waals surface area contributed by atoms with Gasteiger partial charge in [-0.2, -0.15) is 0 Å². The standard InChI is InChI=1S/C14H18ClNO4S/c1-14(9-20-2,13(18)19)16-12(17)7-8-21-11-6-4-3-5-10(11)15/h3-6H,7-9H2,1-2H3,(H,16,17)(H,18,19). The molecule has 2 N–H and O–H groups in total. The Morgan fingerprint density at radius 3 is 2.67 bits per heavy atom. The Bertz CT molecular complexity index is 512. The molecule has 0 saturated carbocycles. The number of hydrogen-bond acceptors (Lipinski definition) is 4. The van der Waals surface area contributed by atoms with E-state index >= 15 is 0 Å². The fourth-order valence-electron chi connectivity index (χ4n) is 1.63. The number of benzene rings is 1. The molecule has 0 aromatic heterocycles. The van der Waals surface area contributed by atoms with E-state index < -0.39 is 11.5 Å². The van der Waals surface area contributed by atoms with Gasteiger partial charge in [0, 0.05) is 24.2 Å². The number of rotatable bonds is 8. The predicted octanol–water partition coefficient (Wildman–Crippen LogP) is 2.43. The molecular weight excluding hydrogens is 314 g/mol. The number of nitrogens with one attached hydrogen (secondary N) is 1. The number of methoxy groups -OCH3 is 1. The zero-order valence-corrected chi connectivity index (χ0v) is 13.5. The van der Waals surface area contributed by atoms with Crippen LogP contribution in [0, 0.1) is 0 Å². The maximum Gasteiger partial charge on any atom is 0.331 e. The van der Waals surface area contributed by atoms with Gasteiger partial charge in [-0.15, -0.1) is 11.8 Å². The van der Waals surface area contributed by atoms with E-state index in [1.807, 2.05) is 18.2 Å². The lowest BCUT2D eigenvalue weighted by Gasteiger charge is -2.25. The van der Waals surface area contributed by atoms with Crippen molar-refractivity contribution in [3.05, 3.63) is 29.3 Å². The largest absolute Gasteiger partial charge is 0.479 e. The van der Waals surface area contributed by atoms with E-state index in [2.05, 4.69) is 5.32 Å². The van der Waals surface area contributed by atoms with Crippen molar-refractivity contribution >= 4 is 35.2 Å². The minimum absolute atomic E-state index is 0.0915. The average Bonchev–Trinajstić information content (AvgIpc) is 2.41. The molecule has 0 aliphatic rings. The van der Waals surface area contributed by atoms with Crippen LogP contribution in [-0.4, -0.2) is 42.0 Å². The number of carboxylic acids is 1. The second-order valence-electron chi connectivity index (χ2n) is 4.65. The minimum atomic E-state index is -1.42. The number of aliphatic carboxylic acids is 1. The Balaban J connectivity index is 2.47. The first-order valence-corrected chi connectivity index (χ1v) is 7.66. The third kappa shape index (κ3) is 5.57. The van der Waals surface area contributed by atoms with Crippen LogP contribution in [-0.2, 0) is 14.3 Å². The highest BCUT2D eigenvalue weighted by molar-refractivity contribution is 7.99. The summed E-state index contributed by atoms with van der Waals surface area (Å²) in [6.45, 7) is 1.32. The molecule has 0 heterocycles. The van der Waals surface area contributed by atoms with Crippen LogP contribution < -0.4 is 5.32 Å². The third-order valence-corrected chi connectivity index (χ3v) is 4.26. The van der Waals surface area contributed by atoms with Crippen LogP contribution in [0.3, 0.4) is 0 Å². The second-order valence-corrected chi connectivity index (χ2v) is 6.19. The highest BCUT2D eigenvalue weighted by Crippen LogP contribution is 2.26. The molecule has 1 unspecified atom stereocenters. The van der Waals surface area contributed by atoms with Crippen LogP contribution in [0.1, 0.15) is 13.3 Å². The number of thioether (sulfide) groups is 1. The first kappa shape index (κ1) is 17.8. The van der Waals surface area contributed by atoms with E-state index in [4.69, 9.17) is 21.4 Å². The number of amides is 1. The molecule has 7 heteroatoms. The van der Waals surface area contributed by atoms with Gasteiger partial charge in [0.15, 0.2) is 5.54 Å². The highest BCUT2D eigenvalue weighted by Gasteiger charge is 2.34. The Hall–Kier alpha value is -1.24. The summed E-state index contributed by atoms with van der Waals surface area (Å²) >= 11 is 7.46. The van der Waals surface area contributed by atoms with E-state index in [0.717, 1.165) is 4.90 Å². The average molecular weight is 332 g/mol. The molecule has 0 fully saturated rings. The van der Waals surface area contributed by atoms with E-state index in [-0.39, 0.29) is 18.9 Å². The monoisotopic (exact) mass is 331 g/mol. The van der Waals surface area contributed by atoms with E-state index in [0.29, 0.717) is 10.8 Å². The molecule has 0 saturated heterocycles. The maximum absolute atomic E-state index is 11.8. The molecule has 0 bridgehead atoms. The van der Waals surface area contributed by atoms with E-state index in [9.17, 15) is 9.59 Å². The summed E-state index contributed by atoms with van der Waals surface area (Å²) in [5.74, 6) is -0.953. The molecule has 0 aliphatic heterocycles. The Kier molecular flexibility index (Phi) is 7.01. The van der Waals surface area contributed by atoms with Gasteiger partial charge in [0.25, 0.3) is 0 Å². The Morgan fingerprint density at radius 2 is 2.10 bits per heavy atom. The van der Waals surface area contributed by atoms with Gasteiger partial charge in [0.05, 0.1) is 11.6 Å².